The van der Waals surface area contributed by atoms with Gasteiger partial charge in [0.2, 0.25) is 0 Å². The van der Waals surface area contributed by atoms with Crippen molar-refractivity contribution in [3.8, 4) is 0 Å². The van der Waals surface area contributed by atoms with Gasteiger partial charge in [0.05, 0.1) is 45.7 Å². The van der Waals surface area contributed by atoms with Gasteiger partial charge in [-0.15, -0.1) is 0 Å². The van der Waals surface area contributed by atoms with E-state index in [1.165, 1.54) is 18.7 Å². The topological polar surface area (TPSA) is 204 Å². The predicted octanol–water partition coefficient (Wildman–Crippen LogP) is 14.4. The number of aromatic nitrogens is 4. The molecular weight excluding hydrogens is 1330 g/mol. The summed E-state index contributed by atoms with van der Waals surface area (Å²) in [5.74, 6) is -6.70. The Hall–Kier alpha value is -12.0. The number of fused-ring (bicyclic) bond motifs is 4. The number of nitrogens with zero attached hydrogens (tertiary/aromatic N) is 4. The molecule has 15 rings (SSSR count). The van der Waals surface area contributed by atoms with Crippen molar-refractivity contribution < 1.29 is 19.2 Å². The number of carbonyl (C=O) groups excluding carboxylic acids is 4. The van der Waals surface area contributed by atoms with E-state index in [0.717, 1.165) is 22.3 Å². The van der Waals surface area contributed by atoms with Crippen LogP contribution in [-0.2, 0) is 0 Å². The van der Waals surface area contributed by atoms with Gasteiger partial charge in [0.15, 0.2) is 0 Å². The lowest BCUT2D eigenvalue weighted by Gasteiger charge is -2.33. The lowest BCUT2D eigenvalue weighted by Crippen LogP contribution is -2.38. The van der Waals surface area contributed by atoms with Crippen LogP contribution in [0.15, 0.2) is 310 Å². The van der Waals surface area contributed by atoms with Gasteiger partial charge < -0.3 is 21.3 Å². The van der Waals surface area contributed by atoms with Crippen molar-refractivity contribution >= 4 is 71.6 Å². The summed E-state index contributed by atoms with van der Waals surface area (Å²) >= 11 is 0. The summed E-state index contributed by atoms with van der Waals surface area (Å²) in [6, 6.07) is 85.5. The highest BCUT2D eigenvalue weighted by Crippen LogP contribution is 2.70. The van der Waals surface area contributed by atoms with Crippen molar-refractivity contribution in [3.05, 3.63) is 399 Å². The molecule has 11 aromatic carbocycles. The van der Waals surface area contributed by atoms with E-state index in [4.69, 9.17) is 0 Å². The molecule has 514 valence electrons. The molecule has 18 heteroatoms. The number of carbonyl (C=O) groups is 4. The Labute approximate surface area is 601 Å². The standard InChI is InChI=1S/C86H72N8O8P2/c1-53(57-31-9-5-10-32-57)87-75(95)61-39-17-25-47-69(61)83-91-79(99)65-43-21-22-44-66(65)80(100)92(91)84(70-48-26-18-40-62(70)76(96)88-54(2)58-33-11-6-12-34-58)103(83)73-51-29-30-52-74(73)104-85(71-49-27-19-41-63(71)77(97)89-55(3)59-35-13-7-14-36-59)93-81(101)67-45-23-24-46-68(67)82(102)94(93)86(104)72-50-28-20-42-64(72)78(98)90-56(4)60-37-15-8-16-38-60/h5-56,83-86H,1-4H3,(H,87,95)(H,88,96)(H,89,97)(H,90,98)/t53-,54?,55?,56?,83?,84-,85-,86-,103?,104?/m0/s1. The van der Waals surface area contributed by atoms with Crippen molar-refractivity contribution in [1.29, 1.82) is 0 Å². The monoisotopic (exact) mass is 1410 g/mol. The molecule has 0 spiro atoms. The summed E-state index contributed by atoms with van der Waals surface area (Å²) in [7, 11) is -4.71. The van der Waals surface area contributed by atoms with Crippen LogP contribution in [0.1, 0.15) is 161 Å². The van der Waals surface area contributed by atoms with Crippen LogP contribution >= 0.6 is 15.8 Å². The summed E-state index contributed by atoms with van der Waals surface area (Å²) < 4.78 is 5.95. The van der Waals surface area contributed by atoms with Crippen molar-refractivity contribution in [3.63, 3.8) is 0 Å². The number of amides is 4. The Kier molecular flexibility index (Phi) is 18.8. The fourth-order valence-corrected chi connectivity index (χ4v) is 22.3. The minimum atomic E-state index is -2.35. The average Bonchev–Trinajstić information content (AvgIpc) is 1.54. The summed E-state index contributed by atoms with van der Waals surface area (Å²) in [6.45, 7) is 7.56. The van der Waals surface area contributed by atoms with Gasteiger partial charge in [-0.25, -0.2) is 18.7 Å². The number of rotatable bonds is 18. The quantitative estimate of drug-likeness (QED) is 0.0607. The third-order valence-electron chi connectivity index (χ3n) is 20.0. The lowest BCUT2D eigenvalue weighted by atomic mass is 10.0. The second-order valence-corrected chi connectivity index (χ2v) is 30.8. The van der Waals surface area contributed by atoms with E-state index < -0.39 is 109 Å². The van der Waals surface area contributed by atoms with Crippen molar-refractivity contribution in [2.75, 3.05) is 0 Å². The Bertz CT molecular complexity index is 5070. The van der Waals surface area contributed by atoms with E-state index >= 15 is 38.4 Å². The van der Waals surface area contributed by atoms with E-state index in [9.17, 15) is 0 Å². The van der Waals surface area contributed by atoms with Gasteiger partial charge >= 0.3 is 0 Å². The number of benzene rings is 11. The molecule has 13 aromatic rings. The first-order valence-electron chi connectivity index (χ1n) is 34.6. The predicted molar refractivity (Wildman–Crippen MR) is 412 cm³/mol. The highest BCUT2D eigenvalue weighted by molar-refractivity contribution is 7.72. The molecular formula is C86H72N8O8P2. The molecule has 2 aliphatic heterocycles. The van der Waals surface area contributed by atoms with Crippen LogP contribution < -0.4 is 54.1 Å². The zero-order valence-corrected chi connectivity index (χ0v) is 59.1. The molecule has 0 saturated heterocycles. The Balaban J connectivity index is 1.04. The summed E-state index contributed by atoms with van der Waals surface area (Å²) in [4.78, 5) is 128. The Morgan fingerprint density at radius 2 is 0.442 bits per heavy atom. The van der Waals surface area contributed by atoms with Gasteiger partial charge in [-0.05, 0) is 147 Å². The zero-order valence-electron chi connectivity index (χ0n) is 57.3. The third kappa shape index (κ3) is 12.3. The van der Waals surface area contributed by atoms with Gasteiger partial charge in [-0.3, -0.25) is 38.4 Å². The van der Waals surface area contributed by atoms with Crippen LogP contribution in [0.4, 0.5) is 0 Å². The van der Waals surface area contributed by atoms with E-state index in [1.807, 2.05) is 198 Å². The SMILES string of the molecule is CC(NC(=O)c1ccccc1[C@H]1n2c(=O)c3ccccc3c(=O)n2C(c2ccccc2C(=O)N[C@@H](C)c2ccccc2)P1c1ccccc1P1[C@@H](c2ccccc2C(=O)NC(C)c2ccccc2)n2c(=O)c3ccccc3c(=O)n2[C@@H]1c1ccccc1C(=O)NC(C)c1ccccc1)c1ccccc1. The molecule has 0 saturated carbocycles. The Morgan fingerprint density at radius 1 is 0.260 bits per heavy atom. The van der Waals surface area contributed by atoms with Crippen molar-refractivity contribution in [2.24, 2.45) is 0 Å². The van der Waals surface area contributed by atoms with Crippen LogP contribution in [0.3, 0.4) is 0 Å². The minimum Gasteiger partial charge on any atom is -0.346 e. The van der Waals surface area contributed by atoms with Crippen molar-refractivity contribution in [1.82, 2.24) is 40.0 Å². The van der Waals surface area contributed by atoms with E-state index in [2.05, 4.69) is 21.3 Å². The molecule has 4 amide bonds. The summed E-state index contributed by atoms with van der Waals surface area (Å²) in [6.07, 6.45) is 0. The summed E-state index contributed by atoms with van der Waals surface area (Å²) in [5, 5.41) is 14.6. The molecule has 4 N–H and O–H groups in total. The molecule has 9 atom stereocenters. The molecule has 16 nitrogen and oxygen atoms in total. The maximum atomic E-state index is 16.5. The average molecular weight is 1410 g/mol. The number of hydrogen-bond acceptors (Lipinski definition) is 8. The zero-order chi connectivity index (χ0) is 71.9. The maximum absolute atomic E-state index is 16.5. The maximum Gasteiger partial charge on any atom is 0.274 e. The highest BCUT2D eigenvalue weighted by Gasteiger charge is 2.53. The molecule has 104 heavy (non-hydrogen) atoms. The molecule has 2 aliphatic rings. The lowest BCUT2D eigenvalue weighted by molar-refractivity contribution is 0.0930. The van der Waals surface area contributed by atoms with E-state index in [-0.39, 0.29) is 43.8 Å². The van der Waals surface area contributed by atoms with Crippen LogP contribution in [0, 0.1) is 0 Å². The third-order valence-corrected chi connectivity index (χ3v) is 26.2. The molecule has 2 aromatic heterocycles. The van der Waals surface area contributed by atoms with Gasteiger partial charge in [0.1, 0.15) is 23.1 Å². The van der Waals surface area contributed by atoms with Crippen LogP contribution in [0.5, 0.6) is 0 Å². The molecule has 5 unspecified atom stereocenters. The first-order chi connectivity index (χ1) is 50.7. The van der Waals surface area contributed by atoms with Gasteiger partial charge in [-0.2, -0.15) is 0 Å². The molecule has 0 bridgehead atoms. The van der Waals surface area contributed by atoms with Gasteiger partial charge in [-0.1, -0.05) is 243 Å². The highest BCUT2D eigenvalue weighted by atomic mass is 31.1. The van der Waals surface area contributed by atoms with Crippen molar-refractivity contribution in [2.45, 2.75) is 75.0 Å². The van der Waals surface area contributed by atoms with Crippen LogP contribution in [0.2, 0.25) is 0 Å². The largest absolute Gasteiger partial charge is 0.346 e. The first kappa shape index (κ1) is 67.8. The molecule has 0 radical (unpaired) electrons. The number of hydrogen-bond donors (Lipinski definition) is 4. The first-order valence-corrected chi connectivity index (χ1v) is 37.6. The second-order valence-electron chi connectivity index (χ2n) is 26.3. The van der Waals surface area contributed by atoms with Crippen LogP contribution in [-0.4, -0.2) is 42.4 Å². The smallest absolute Gasteiger partial charge is 0.274 e. The van der Waals surface area contributed by atoms with Gasteiger partial charge in [0.25, 0.3) is 45.9 Å². The molecule has 0 fully saturated rings. The number of nitrogens with one attached hydrogen (secondary N) is 4. The second kappa shape index (κ2) is 28.8. The van der Waals surface area contributed by atoms with Gasteiger partial charge in [0, 0.05) is 22.3 Å². The Morgan fingerprint density at radius 3 is 0.663 bits per heavy atom. The normalized spacial score (nSPS) is 17.8. The summed E-state index contributed by atoms with van der Waals surface area (Å²) in [5.41, 5.74) is 3.59. The van der Waals surface area contributed by atoms with E-state index in [1.54, 1.807) is 121 Å². The fraction of sp³-hybridized carbons (Fsp3) is 0.140. The van der Waals surface area contributed by atoms with E-state index in [0.29, 0.717) is 32.9 Å². The fourth-order valence-electron chi connectivity index (χ4n) is 14.9. The van der Waals surface area contributed by atoms with Crippen LogP contribution in [0.25, 0.3) is 21.5 Å². The molecule has 4 heterocycles. The minimum absolute atomic E-state index is 0.125. The molecule has 0 aliphatic carbocycles.